The summed E-state index contributed by atoms with van der Waals surface area (Å²) in [6, 6.07) is 6.82. The molecule has 1 N–H and O–H groups in total. The topological polar surface area (TPSA) is 30.5 Å². The van der Waals surface area contributed by atoms with Gasteiger partial charge in [0.25, 0.3) is 0 Å². The summed E-state index contributed by atoms with van der Waals surface area (Å²) in [7, 11) is 1.66. The van der Waals surface area contributed by atoms with Crippen molar-refractivity contribution in [1.29, 1.82) is 0 Å². The number of benzene rings is 1. The number of rotatable bonds is 8. The average molecular weight is 247 g/mol. The van der Waals surface area contributed by atoms with E-state index in [0.717, 1.165) is 30.5 Å². The summed E-state index contributed by atoms with van der Waals surface area (Å²) >= 11 is 0. The van der Waals surface area contributed by atoms with Gasteiger partial charge < -0.3 is 14.8 Å². The molecule has 1 aromatic rings. The van der Waals surface area contributed by atoms with Gasteiger partial charge in [0.05, 0.1) is 13.7 Å². The molecule has 1 saturated carbocycles. The van der Waals surface area contributed by atoms with Gasteiger partial charge in [-0.05, 0) is 37.0 Å². The minimum absolute atomic E-state index is 0.638. The smallest absolute Gasteiger partial charge is 0.161 e. The second kappa shape index (κ2) is 6.45. The third-order valence-electron chi connectivity index (χ3n) is 2.98. The quantitative estimate of drug-likeness (QED) is 0.566. The molecule has 2 rings (SSSR count). The normalized spacial score (nSPS) is 14.3. The number of ether oxygens (including phenoxy) is 2. The zero-order chi connectivity index (χ0) is 12.8. The SMILES string of the molecule is C=CCCOc1cc(CNC2CC2)ccc1OC. The summed E-state index contributed by atoms with van der Waals surface area (Å²) in [4.78, 5) is 0. The van der Waals surface area contributed by atoms with Crippen molar-refractivity contribution in [3.63, 3.8) is 0 Å². The first kappa shape index (κ1) is 13.0. The van der Waals surface area contributed by atoms with Crippen molar-refractivity contribution in [2.24, 2.45) is 0 Å². The van der Waals surface area contributed by atoms with Crippen LogP contribution in [-0.2, 0) is 6.54 Å². The molecule has 3 heteroatoms. The Morgan fingerprint density at radius 2 is 2.22 bits per heavy atom. The predicted octanol–water partition coefficient (Wildman–Crippen LogP) is 2.90. The van der Waals surface area contributed by atoms with Crippen LogP contribution in [0.2, 0.25) is 0 Å². The number of hydrogen-bond acceptors (Lipinski definition) is 3. The highest BCUT2D eigenvalue weighted by Gasteiger charge is 2.20. The number of hydrogen-bond donors (Lipinski definition) is 1. The lowest BCUT2D eigenvalue weighted by Gasteiger charge is -2.12. The molecular weight excluding hydrogens is 226 g/mol. The molecule has 0 heterocycles. The van der Waals surface area contributed by atoms with Crippen LogP contribution in [0.1, 0.15) is 24.8 Å². The predicted molar refractivity (Wildman–Crippen MR) is 73.2 cm³/mol. The van der Waals surface area contributed by atoms with Gasteiger partial charge in [-0.2, -0.15) is 0 Å². The van der Waals surface area contributed by atoms with Crippen molar-refractivity contribution in [2.45, 2.75) is 31.8 Å². The Balaban J connectivity index is 1.97. The fourth-order valence-corrected chi connectivity index (χ4v) is 1.75. The van der Waals surface area contributed by atoms with Crippen LogP contribution in [-0.4, -0.2) is 19.8 Å². The van der Waals surface area contributed by atoms with Crippen molar-refractivity contribution in [3.8, 4) is 11.5 Å². The molecule has 3 nitrogen and oxygen atoms in total. The van der Waals surface area contributed by atoms with Crippen LogP contribution < -0.4 is 14.8 Å². The Morgan fingerprint density at radius 3 is 2.89 bits per heavy atom. The van der Waals surface area contributed by atoms with Crippen LogP contribution in [0, 0.1) is 0 Å². The first-order chi connectivity index (χ1) is 8.83. The monoisotopic (exact) mass is 247 g/mol. The standard InChI is InChI=1S/C15H21NO2/c1-3-4-9-18-15-10-12(5-8-14(15)17-2)11-16-13-6-7-13/h3,5,8,10,13,16H,1,4,6-7,9,11H2,2H3. The van der Waals surface area contributed by atoms with Gasteiger partial charge in [0.1, 0.15) is 0 Å². The highest BCUT2D eigenvalue weighted by molar-refractivity contribution is 5.43. The zero-order valence-electron chi connectivity index (χ0n) is 10.9. The van der Waals surface area contributed by atoms with Crippen LogP contribution in [0.3, 0.4) is 0 Å². The third kappa shape index (κ3) is 3.77. The average Bonchev–Trinajstić information content (AvgIpc) is 3.21. The minimum atomic E-state index is 0.638. The maximum Gasteiger partial charge on any atom is 0.161 e. The summed E-state index contributed by atoms with van der Waals surface area (Å²) in [5, 5.41) is 3.49. The fourth-order valence-electron chi connectivity index (χ4n) is 1.75. The summed E-state index contributed by atoms with van der Waals surface area (Å²) in [5.41, 5.74) is 1.23. The van der Waals surface area contributed by atoms with Crippen LogP contribution in [0.25, 0.3) is 0 Å². The van der Waals surface area contributed by atoms with Gasteiger partial charge in [-0.3, -0.25) is 0 Å². The van der Waals surface area contributed by atoms with Gasteiger partial charge in [-0.25, -0.2) is 0 Å². The largest absolute Gasteiger partial charge is 0.493 e. The second-order valence-electron chi connectivity index (χ2n) is 4.57. The molecule has 0 atom stereocenters. The van der Waals surface area contributed by atoms with Gasteiger partial charge in [0.2, 0.25) is 0 Å². The zero-order valence-corrected chi connectivity index (χ0v) is 10.9. The van der Waals surface area contributed by atoms with E-state index in [1.807, 2.05) is 12.1 Å². The van der Waals surface area contributed by atoms with Crippen LogP contribution in [0.15, 0.2) is 30.9 Å². The lowest BCUT2D eigenvalue weighted by atomic mass is 10.2. The Bertz CT molecular complexity index is 399. The molecule has 0 radical (unpaired) electrons. The van der Waals surface area contributed by atoms with Crippen LogP contribution in [0.5, 0.6) is 11.5 Å². The number of nitrogens with one attached hydrogen (secondary N) is 1. The van der Waals surface area contributed by atoms with Crippen molar-refractivity contribution in [1.82, 2.24) is 5.32 Å². The second-order valence-corrected chi connectivity index (χ2v) is 4.57. The van der Waals surface area contributed by atoms with E-state index in [4.69, 9.17) is 9.47 Å². The molecule has 0 bridgehead atoms. The Hall–Kier alpha value is -1.48. The van der Waals surface area contributed by atoms with E-state index >= 15 is 0 Å². The molecule has 0 aliphatic heterocycles. The molecule has 0 spiro atoms. The van der Waals surface area contributed by atoms with Crippen LogP contribution in [0.4, 0.5) is 0 Å². The van der Waals surface area contributed by atoms with Crippen molar-refractivity contribution in [2.75, 3.05) is 13.7 Å². The van der Waals surface area contributed by atoms with E-state index in [1.165, 1.54) is 18.4 Å². The molecule has 1 fully saturated rings. The molecule has 0 unspecified atom stereocenters. The minimum Gasteiger partial charge on any atom is -0.493 e. The molecular formula is C15H21NO2. The number of methoxy groups -OCH3 is 1. The fraction of sp³-hybridized carbons (Fsp3) is 0.467. The molecule has 18 heavy (non-hydrogen) atoms. The molecule has 0 saturated heterocycles. The molecule has 1 aliphatic carbocycles. The molecule has 0 amide bonds. The first-order valence-corrected chi connectivity index (χ1v) is 6.47. The van der Waals surface area contributed by atoms with E-state index in [1.54, 1.807) is 7.11 Å². The Morgan fingerprint density at radius 1 is 1.39 bits per heavy atom. The molecule has 98 valence electrons. The van der Waals surface area contributed by atoms with Gasteiger partial charge in [0, 0.05) is 12.6 Å². The first-order valence-electron chi connectivity index (χ1n) is 6.47. The van der Waals surface area contributed by atoms with Crippen LogP contribution >= 0.6 is 0 Å². The van der Waals surface area contributed by atoms with E-state index in [9.17, 15) is 0 Å². The maximum absolute atomic E-state index is 5.71. The summed E-state index contributed by atoms with van der Waals surface area (Å²) in [5.74, 6) is 1.60. The van der Waals surface area contributed by atoms with E-state index in [-0.39, 0.29) is 0 Å². The van der Waals surface area contributed by atoms with Gasteiger partial charge in [0.15, 0.2) is 11.5 Å². The van der Waals surface area contributed by atoms with Gasteiger partial charge in [-0.1, -0.05) is 12.1 Å². The van der Waals surface area contributed by atoms with E-state index < -0.39 is 0 Å². The summed E-state index contributed by atoms with van der Waals surface area (Å²) in [6.07, 6.45) is 5.30. The molecule has 1 aliphatic rings. The highest BCUT2D eigenvalue weighted by atomic mass is 16.5. The summed E-state index contributed by atoms with van der Waals surface area (Å²) in [6.45, 7) is 5.22. The van der Waals surface area contributed by atoms with Crippen molar-refractivity contribution >= 4 is 0 Å². The van der Waals surface area contributed by atoms with Crippen molar-refractivity contribution < 1.29 is 9.47 Å². The lowest BCUT2D eigenvalue weighted by Crippen LogP contribution is -2.15. The Kier molecular flexibility index (Phi) is 4.65. The third-order valence-corrected chi connectivity index (χ3v) is 2.98. The highest BCUT2D eigenvalue weighted by Crippen LogP contribution is 2.28. The molecule has 0 aromatic heterocycles. The Labute approximate surface area is 109 Å². The lowest BCUT2D eigenvalue weighted by molar-refractivity contribution is 0.299. The van der Waals surface area contributed by atoms with Gasteiger partial charge in [-0.15, -0.1) is 6.58 Å². The maximum atomic E-state index is 5.71. The summed E-state index contributed by atoms with van der Waals surface area (Å²) < 4.78 is 11.0. The van der Waals surface area contributed by atoms with Crippen molar-refractivity contribution in [3.05, 3.63) is 36.4 Å². The molecule has 1 aromatic carbocycles. The van der Waals surface area contributed by atoms with Gasteiger partial charge >= 0.3 is 0 Å². The van der Waals surface area contributed by atoms with E-state index in [2.05, 4.69) is 24.0 Å². The van der Waals surface area contributed by atoms with E-state index in [0.29, 0.717) is 6.61 Å².